The van der Waals surface area contributed by atoms with Gasteiger partial charge in [0.1, 0.15) is 0 Å². The molecule has 1 aliphatic carbocycles. The lowest BCUT2D eigenvalue weighted by molar-refractivity contribution is -0.0308. The number of carbonyl (C=O) groups excluding carboxylic acids is 1. The van der Waals surface area contributed by atoms with E-state index in [1.54, 1.807) is 6.92 Å². The number of hydrogen-bond acceptors (Lipinski definition) is 3. The van der Waals surface area contributed by atoms with E-state index in [0.717, 1.165) is 19.3 Å². The Morgan fingerprint density at radius 2 is 2.33 bits per heavy atom. The molecule has 0 bridgehead atoms. The van der Waals surface area contributed by atoms with E-state index in [4.69, 9.17) is 0 Å². The number of hydrogen-bond donors (Lipinski definition) is 2. The molecule has 0 radical (unpaired) electrons. The van der Waals surface area contributed by atoms with Gasteiger partial charge >= 0.3 is 6.09 Å². The number of amides is 1. The monoisotopic (exact) mass is 173 g/mol. The average Bonchev–Trinajstić information content (AvgIpc) is 1.98. The van der Waals surface area contributed by atoms with Crippen LogP contribution in [0.3, 0.4) is 0 Å². The van der Waals surface area contributed by atoms with Crippen LogP contribution < -0.4 is 5.32 Å². The first-order chi connectivity index (χ1) is 5.66. The van der Waals surface area contributed by atoms with Gasteiger partial charge in [-0.25, -0.2) is 4.79 Å². The van der Waals surface area contributed by atoms with Crippen molar-refractivity contribution in [2.75, 3.05) is 13.2 Å². The average molecular weight is 173 g/mol. The summed E-state index contributed by atoms with van der Waals surface area (Å²) in [7, 11) is 0. The quantitative estimate of drug-likeness (QED) is 0.658. The number of rotatable bonds is 3. The molecule has 1 aliphatic rings. The van der Waals surface area contributed by atoms with Gasteiger partial charge in [-0.3, -0.25) is 0 Å². The lowest BCUT2D eigenvalue weighted by Gasteiger charge is -2.36. The predicted octanol–water partition coefficient (Wildman–Crippen LogP) is 0.647. The molecule has 0 heterocycles. The summed E-state index contributed by atoms with van der Waals surface area (Å²) in [6.45, 7) is 2.42. The van der Waals surface area contributed by atoms with E-state index in [1.807, 2.05) is 0 Å². The minimum absolute atomic E-state index is 0.311. The van der Waals surface area contributed by atoms with Gasteiger partial charge in [0.2, 0.25) is 0 Å². The number of ether oxygens (including phenoxy) is 1. The maximum absolute atomic E-state index is 10.8. The molecule has 0 atom stereocenters. The Morgan fingerprint density at radius 3 is 2.75 bits per heavy atom. The van der Waals surface area contributed by atoms with E-state index in [9.17, 15) is 9.90 Å². The smallest absolute Gasteiger partial charge is 0.407 e. The Bertz CT molecular complexity index is 166. The van der Waals surface area contributed by atoms with E-state index in [-0.39, 0.29) is 0 Å². The van der Waals surface area contributed by atoms with E-state index in [0.29, 0.717) is 13.2 Å². The predicted molar refractivity (Wildman–Crippen MR) is 43.8 cm³/mol. The van der Waals surface area contributed by atoms with Gasteiger partial charge in [0.15, 0.2) is 0 Å². The lowest BCUT2D eigenvalue weighted by Crippen LogP contribution is -2.47. The van der Waals surface area contributed by atoms with Gasteiger partial charge in [-0.15, -0.1) is 0 Å². The van der Waals surface area contributed by atoms with E-state index < -0.39 is 11.7 Å². The highest BCUT2D eigenvalue weighted by Crippen LogP contribution is 2.30. The second-order valence-corrected chi connectivity index (χ2v) is 3.15. The van der Waals surface area contributed by atoms with Gasteiger partial charge in [-0.05, 0) is 26.2 Å². The maximum atomic E-state index is 10.8. The van der Waals surface area contributed by atoms with Crippen LogP contribution in [0.4, 0.5) is 4.79 Å². The fourth-order valence-electron chi connectivity index (χ4n) is 1.18. The minimum atomic E-state index is -0.660. The SMILES string of the molecule is CCOC(=O)NCC1(O)CCC1. The Labute approximate surface area is 71.9 Å². The molecule has 0 aliphatic heterocycles. The van der Waals surface area contributed by atoms with Crippen molar-refractivity contribution >= 4 is 6.09 Å². The zero-order chi connectivity index (χ0) is 9.03. The Morgan fingerprint density at radius 1 is 1.67 bits per heavy atom. The molecule has 4 heteroatoms. The van der Waals surface area contributed by atoms with Crippen molar-refractivity contribution in [2.45, 2.75) is 31.8 Å². The first-order valence-corrected chi connectivity index (χ1v) is 4.29. The Balaban J connectivity index is 2.12. The third-order valence-electron chi connectivity index (χ3n) is 2.12. The first-order valence-electron chi connectivity index (χ1n) is 4.29. The third-order valence-corrected chi connectivity index (χ3v) is 2.12. The van der Waals surface area contributed by atoms with Crippen molar-refractivity contribution in [2.24, 2.45) is 0 Å². The molecular weight excluding hydrogens is 158 g/mol. The summed E-state index contributed by atoms with van der Waals surface area (Å²) in [5.41, 5.74) is -0.660. The number of nitrogens with one attached hydrogen (secondary N) is 1. The minimum Gasteiger partial charge on any atom is -0.450 e. The molecule has 1 rings (SSSR count). The fourth-order valence-corrected chi connectivity index (χ4v) is 1.18. The van der Waals surface area contributed by atoms with Crippen LogP contribution in [0.2, 0.25) is 0 Å². The van der Waals surface area contributed by atoms with Crippen LogP contribution in [0, 0.1) is 0 Å². The second kappa shape index (κ2) is 3.76. The standard InChI is InChI=1S/C8H15NO3/c1-2-12-7(10)9-6-8(11)4-3-5-8/h11H,2-6H2,1H3,(H,9,10). The molecule has 70 valence electrons. The van der Waals surface area contributed by atoms with Gasteiger partial charge in [0.25, 0.3) is 0 Å². The number of alkyl carbamates (subject to hydrolysis) is 1. The van der Waals surface area contributed by atoms with Gasteiger partial charge in [0, 0.05) is 6.54 Å². The van der Waals surface area contributed by atoms with E-state index in [1.165, 1.54) is 0 Å². The van der Waals surface area contributed by atoms with Crippen LogP contribution in [-0.2, 0) is 4.74 Å². The zero-order valence-corrected chi connectivity index (χ0v) is 7.30. The van der Waals surface area contributed by atoms with Crippen molar-refractivity contribution in [1.29, 1.82) is 0 Å². The van der Waals surface area contributed by atoms with Gasteiger partial charge in [0.05, 0.1) is 12.2 Å². The summed E-state index contributed by atoms with van der Waals surface area (Å²) < 4.78 is 4.64. The zero-order valence-electron chi connectivity index (χ0n) is 7.30. The molecule has 0 saturated heterocycles. The van der Waals surface area contributed by atoms with Crippen LogP contribution >= 0.6 is 0 Å². The number of aliphatic hydroxyl groups is 1. The molecule has 2 N–H and O–H groups in total. The number of carbonyl (C=O) groups is 1. The topological polar surface area (TPSA) is 58.6 Å². The molecular formula is C8H15NO3. The van der Waals surface area contributed by atoms with Gasteiger partial charge in [-0.1, -0.05) is 0 Å². The summed E-state index contributed by atoms with van der Waals surface area (Å²) in [5.74, 6) is 0. The lowest BCUT2D eigenvalue weighted by atomic mass is 9.80. The highest BCUT2D eigenvalue weighted by molar-refractivity contribution is 5.67. The van der Waals surface area contributed by atoms with Crippen LogP contribution in [0.5, 0.6) is 0 Å². The molecule has 0 unspecified atom stereocenters. The Hall–Kier alpha value is -0.770. The summed E-state index contributed by atoms with van der Waals surface area (Å²) in [4.78, 5) is 10.8. The molecule has 0 aromatic rings. The van der Waals surface area contributed by atoms with Crippen molar-refractivity contribution in [3.63, 3.8) is 0 Å². The third kappa shape index (κ3) is 2.37. The molecule has 1 saturated carbocycles. The van der Waals surface area contributed by atoms with Crippen LogP contribution in [0.25, 0.3) is 0 Å². The summed E-state index contributed by atoms with van der Waals surface area (Å²) in [6.07, 6.45) is 2.15. The Kier molecular flexibility index (Phi) is 2.92. The molecule has 0 aromatic heterocycles. The highest BCUT2D eigenvalue weighted by atomic mass is 16.5. The highest BCUT2D eigenvalue weighted by Gasteiger charge is 2.34. The normalized spacial score (nSPS) is 19.5. The van der Waals surface area contributed by atoms with Crippen LogP contribution in [-0.4, -0.2) is 30.0 Å². The van der Waals surface area contributed by atoms with Crippen LogP contribution in [0.15, 0.2) is 0 Å². The summed E-state index contributed by atoms with van der Waals surface area (Å²) in [5, 5.41) is 12.1. The molecule has 0 spiro atoms. The van der Waals surface area contributed by atoms with E-state index >= 15 is 0 Å². The summed E-state index contributed by atoms with van der Waals surface area (Å²) in [6, 6.07) is 0. The van der Waals surface area contributed by atoms with Crippen molar-refractivity contribution in [1.82, 2.24) is 5.32 Å². The van der Waals surface area contributed by atoms with Gasteiger partial charge in [-0.2, -0.15) is 0 Å². The second-order valence-electron chi connectivity index (χ2n) is 3.15. The molecule has 4 nitrogen and oxygen atoms in total. The molecule has 1 fully saturated rings. The van der Waals surface area contributed by atoms with E-state index in [2.05, 4.69) is 10.1 Å². The maximum Gasteiger partial charge on any atom is 0.407 e. The molecule has 0 aromatic carbocycles. The largest absolute Gasteiger partial charge is 0.450 e. The summed E-state index contributed by atoms with van der Waals surface area (Å²) >= 11 is 0. The van der Waals surface area contributed by atoms with Crippen molar-refractivity contribution in [3.05, 3.63) is 0 Å². The first kappa shape index (κ1) is 9.32. The molecule has 1 amide bonds. The van der Waals surface area contributed by atoms with Crippen LogP contribution in [0.1, 0.15) is 26.2 Å². The van der Waals surface area contributed by atoms with Gasteiger partial charge < -0.3 is 15.2 Å². The van der Waals surface area contributed by atoms with Crippen molar-refractivity contribution in [3.8, 4) is 0 Å². The van der Waals surface area contributed by atoms with Crippen molar-refractivity contribution < 1.29 is 14.6 Å². The molecule has 12 heavy (non-hydrogen) atoms. The fraction of sp³-hybridized carbons (Fsp3) is 0.875.